The predicted molar refractivity (Wildman–Crippen MR) is 79.1 cm³/mol. The van der Waals surface area contributed by atoms with E-state index in [9.17, 15) is 4.79 Å². The van der Waals surface area contributed by atoms with Crippen LogP contribution in [0.1, 0.15) is 16.1 Å². The number of benzene rings is 1. The SMILES string of the molecule is CNc1ccc(C(=O)NCc2ccccc2Br)nc1. The van der Waals surface area contributed by atoms with E-state index in [0.29, 0.717) is 12.2 Å². The number of carbonyl (C=O) groups is 1. The third-order valence-electron chi connectivity index (χ3n) is 2.68. The Balaban J connectivity index is 1.99. The van der Waals surface area contributed by atoms with Gasteiger partial charge in [0.05, 0.1) is 11.9 Å². The minimum absolute atomic E-state index is 0.182. The summed E-state index contributed by atoms with van der Waals surface area (Å²) in [5.74, 6) is -0.182. The zero-order valence-corrected chi connectivity index (χ0v) is 12.1. The van der Waals surface area contributed by atoms with Gasteiger partial charge in [0.1, 0.15) is 5.69 Å². The van der Waals surface area contributed by atoms with Gasteiger partial charge in [0.25, 0.3) is 5.91 Å². The van der Waals surface area contributed by atoms with Crippen LogP contribution in [-0.4, -0.2) is 17.9 Å². The number of halogens is 1. The van der Waals surface area contributed by atoms with E-state index in [1.165, 1.54) is 0 Å². The van der Waals surface area contributed by atoms with Crippen molar-refractivity contribution < 1.29 is 4.79 Å². The second-order valence-electron chi connectivity index (χ2n) is 3.96. The summed E-state index contributed by atoms with van der Waals surface area (Å²) in [5.41, 5.74) is 2.32. The van der Waals surface area contributed by atoms with Gasteiger partial charge in [0, 0.05) is 18.1 Å². The Hall–Kier alpha value is -1.88. The third-order valence-corrected chi connectivity index (χ3v) is 3.46. The monoisotopic (exact) mass is 319 g/mol. The molecule has 0 radical (unpaired) electrons. The van der Waals surface area contributed by atoms with Gasteiger partial charge in [0.2, 0.25) is 0 Å². The Kier molecular flexibility index (Phi) is 4.52. The van der Waals surface area contributed by atoms with Gasteiger partial charge in [-0.15, -0.1) is 0 Å². The van der Waals surface area contributed by atoms with Gasteiger partial charge >= 0.3 is 0 Å². The first-order chi connectivity index (χ1) is 9.20. The number of aromatic nitrogens is 1. The minimum atomic E-state index is -0.182. The van der Waals surface area contributed by atoms with Crippen LogP contribution < -0.4 is 10.6 Å². The lowest BCUT2D eigenvalue weighted by Gasteiger charge is -2.07. The summed E-state index contributed by atoms with van der Waals surface area (Å²) < 4.78 is 0.980. The molecule has 0 fully saturated rings. The van der Waals surface area contributed by atoms with Gasteiger partial charge in [-0.1, -0.05) is 34.1 Å². The molecule has 0 saturated heterocycles. The number of hydrogen-bond donors (Lipinski definition) is 2. The largest absolute Gasteiger partial charge is 0.387 e. The summed E-state index contributed by atoms with van der Waals surface area (Å²) in [4.78, 5) is 16.0. The minimum Gasteiger partial charge on any atom is -0.387 e. The molecular formula is C14H14BrN3O. The third kappa shape index (κ3) is 3.54. The van der Waals surface area contributed by atoms with Crippen molar-refractivity contribution in [3.8, 4) is 0 Å². The quantitative estimate of drug-likeness (QED) is 0.911. The molecule has 1 aromatic heterocycles. The highest BCUT2D eigenvalue weighted by Crippen LogP contribution is 2.15. The Morgan fingerprint density at radius 2 is 2.05 bits per heavy atom. The maximum atomic E-state index is 11.9. The van der Waals surface area contributed by atoms with Crippen LogP contribution in [0.4, 0.5) is 5.69 Å². The Morgan fingerprint density at radius 3 is 2.68 bits per heavy atom. The number of hydrogen-bond acceptors (Lipinski definition) is 3. The second-order valence-corrected chi connectivity index (χ2v) is 4.81. The molecule has 2 aromatic rings. The zero-order chi connectivity index (χ0) is 13.7. The van der Waals surface area contributed by atoms with Crippen LogP contribution in [0.15, 0.2) is 47.1 Å². The number of pyridine rings is 1. The maximum absolute atomic E-state index is 11.9. The molecule has 0 unspecified atom stereocenters. The van der Waals surface area contributed by atoms with E-state index >= 15 is 0 Å². The van der Waals surface area contributed by atoms with Crippen molar-refractivity contribution in [1.82, 2.24) is 10.3 Å². The summed E-state index contributed by atoms with van der Waals surface area (Å²) in [6, 6.07) is 11.3. The summed E-state index contributed by atoms with van der Waals surface area (Å²) in [7, 11) is 1.81. The van der Waals surface area contributed by atoms with Gasteiger partial charge < -0.3 is 10.6 Å². The highest BCUT2D eigenvalue weighted by Gasteiger charge is 2.07. The second kappa shape index (κ2) is 6.33. The molecule has 2 rings (SSSR count). The van der Waals surface area contributed by atoms with Gasteiger partial charge in [-0.05, 0) is 23.8 Å². The fourth-order valence-corrected chi connectivity index (χ4v) is 2.01. The smallest absolute Gasteiger partial charge is 0.270 e. The average Bonchev–Trinajstić information content (AvgIpc) is 2.46. The van der Waals surface area contributed by atoms with Crippen molar-refractivity contribution in [2.45, 2.75) is 6.54 Å². The zero-order valence-electron chi connectivity index (χ0n) is 10.5. The summed E-state index contributed by atoms with van der Waals surface area (Å²) >= 11 is 3.45. The van der Waals surface area contributed by atoms with Crippen molar-refractivity contribution >= 4 is 27.5 Å². The molecule has 0 spiro atoms. The molecule has 0 atom stereocenters. The van der Waals surface area contributed by atoms with Gasteiger partial charge in [-0.2, -0.15) is 0 Å². The fourth-order valence-electron chi connectivity index (χ4n) is 1.58. The molecule has 0 aliphatic heterocycles. The van der Waals surface area contributed by atoms with Crippen molar-refractivity contribution in [2.24, 2.45) is 0 Å². The standard InChI is InChI=1S/C14H14BrN3O/c1-16-11-6-7-13(17-9-11)14(19)18-8-10-4-2-3-5-12(10)15/h2-7,9,16H,8H2,1H3,(H,18,19). The first-order valence-corrected chi connectivity index (χ1v) is 6.65. The molecule has 0 aliphatic rings. The maximum Gasteiger partial charge on any atom is 0.270 e. The predicted octanol–water partition coefficient (Wildman–Crippen LogP) is 2.82. The Morgan fingerprint density at radius 1 is 1.26 bits per heavy atom. The Labute approximate surface area is 120 Å². The molecular weight excluding hydrogens is 306 g/mol. The van der Waals surface area contributed by atoms with Gasteiger partial charge in [-0.3, -0.25) is 4.79 Å². The van der Waals surface area contributed by atoms with Crippen LogP contribution in [0.2, 0.25) is 0 Å². The normalized spacial score (nSPS) is 10.0. The van der Waals surface area contributed by atoms with E-state index in [-0.39, 0.29) is 5.91 Å². The van der Waals surface area contributed by atoms with E-state index in [1.807, 2.05) is 37.4 Å². The van der Waals surface area contributed by atoms with E-state index < -0.39 is 0 Å². The first-order valence-electron chi connectivity index (χ1n) is 5.86. The molecule has 4 nitrogen and oxygen atoms in total. The summed E-state index contributed by atoms with van der Waals surface area (Å²) in [6.07, 6.45) is 1.63. The number of amides is 1. The van der Waals surface area contributed by atoms with E-state index in [0.717, 1.165) is 15.7 Å². The number of rotatable bonds is 4. The molecule has 0 bridgehead atoms. The summed E-state index contributed by atoms with van der Waals surface area (Å²) in [5, 5.41) is 5.80. The van der Waals surface area contributed by atoms with E-state index in [4.69, 9.17) is 0 Å². The van der Waals surface area contributed by atoms with Crippen LogP contribution >= 0.6 is 15.9 Å². The number of carbonyl (C=O) groups excluding carboxylic acids is 1. The molecule has 5 heteroatoms. The lowest BCUT2D eigenvalue weighted by atomic mass is 10.2. The van der Waals surface area contributed by atoms with Gasteiger partial charge in [-0.25, -0.2) is 4.98 Å². The van der Waals surface area contributed by atoms with E-state index in [1.54, 1.807) is 12.3 Å². The van der Waals surface area contributed by atoms with Crippen LogP contribution in [0.5, 0.6) is 0 Å². The van der Waals surface area contributed by atoms with Crippen LogP contribution in [-0.2, 0) is 6.54 Å². The number of nitrogens with one attached hydrogen (secondary N) is 2. The van der Waals surface area contributed by atoms with Crippen molar-refractivity contribution in [3.05, 3.63) is 58.3 Å². The molecule has 0 saturated carbocycles. The van der Waals surface area contributed by atoms with Crippen molar-refractivity contribution in [3.63, 3.8) is 0 Å². The molecule has 1 heterocycles. The molecule has 1 aromatic carbocycles. The average molecular weight is 320 g/mol. The number of anilines is 1. The van der Waals surface area contributed by atoms with Crippen molar-refractivity contribution in [2.75, 3.05) is 12.4 Å². The lowest BCUT2D eigenvalue weighted by molar-refractivity contribution is 0.0946. The first kappa shape index (κ1) is 13.5. The highest BCUT2D eigenvalue weighted by atomic mass is 79.9. The fraction of sp³-hybridized carbons (Fsp3) is 0.143. The highest BCUT2D eigenvalue weighted by molar-refractivity contribution is 9.10. The molecule has 1 amide bonds. The molecule has 0 aliphatic carbocycles. The topological polar surface area (TPSA) is 54.0 Å². The van der Waals surface area contributed by atoms with Crippen LogP contribution in [0, 0.1) is 0 Å². The van der Waals surface area contributed by atoms with Crippen LogP contribution in [0.3, 0.4) is 0 Å². The van der Waals surface area contributed by atoms with Crippen molar-refractivity contribution in [1.29, 1.82) is 0 Å². The van der Waals surface area contributed by atoms with E-state index in [2.05, 4.69) is 31.5 Å². The van der Waals surface area contributed by atoms with Crippen LogP contribution in [0.25, 0.3) is 0 Å². The summed E-state index contributed by atoms with van der Waals surface area (Å²) in [6.45, 7) is 0.468. The lowest BCUT2D eigenvalue weighted by Crippen LogP contribution is -2.23. The molecule has 98 valence electrons. The Bertz CT molecular complexity index is 569. The van der Waals surface area contributed by atoms with Gasteiger partial charge in [0.15, 0.2) is 0 Å². The molecule has 19 heavy (non-hydrogen) atoms. The number of nitrogens with zero attached hydrogens (tertiary/aromatic N) is 1. The molecule has 2 N–H and O–H groups in total.